The van der Waals surface area contributed by atoms with Crippen LogP contribution in [0.3, 0.4) is 0 Å². The minimum Gasteiger partial charge on any atom is -0.394 e. The molecule has 2 heterocycles. The standard InChI is InChI=1S/C11H13BrN2O2/c12-10-6-8(3-4-13-10)11(16)14-5-1-2-9(14)7-15/h3-4,6,9,15H,1-2,5,7H2/t9-/m0/s1. The summed E-state index contributed by atoms with van der Waals surface area (Å²) in [6, 6.07) is 3.37. The van der Waals surface area contributed by atoms with Crippen LogP contribution in [0.1, 0.15) is 23.2 Å². The molecule has 1 aliphatic rings. The molecular weight excluding hydrogens is 272 g/mol. The first kappa shape index (κ1) is 11.5. The first-order valence-corrected chi connectivity index (χ1v) is 6.05. The number of halogens is 1. The van der Waals surface area contributed by atoms with Gasteiger partial charge >= 0.3 is 0 Å². The zero-order valence-electron chi connectivity index (χ0n) is 8.77. The molecule has 0 aliphatic carbocycles. The third kappa shape index (κ3) is 2.25. The van der Waals surface area contributed by atoms with E-state index >= 15 is 0 Å². The summed E-state index contributed by atoms with van der Waals surface area (Å²) in [4.78, 5) is 17.9. The van der Waals surface area contributed by atoms with Crippen molar-refractivity contribution >= 4 is 21.8 Å². The molecule has 16 heavy (non-hydrogen) atoms. The Kier molecular flexibility index (Phi) is 3.56. The number of aliphatic hydroxyl groups excluding tert-OH is 1. The Hall–Kier alpha value is -0.940. The number of likely N-dealkylation sites (tertiary alicyclic amines) is 1. The summed E-state index contributed by atoms with van der Waals surface area (Å²) in [5.41, 5.74) is 0.613. The highest BCUT2D eigenvalue weighted by Crippen LogP contribution is 2.20. The van der Waals surface area contributed by atoms with Gasteiger partial charge in [0.15, 0.2) is 0 Å². The van der Waals surface area contributed by atoms with Gasteiger partial charge in [-0.2, -0.15) is 0 Å². The van der Waals surface area contributed by atoms with Crippen LogP contribution in [-0.2, 0) is 0 Å². The highest BCUT2D eigenvalue weighted by atomic mass is 79.9. The summed E-state index contributed by atoms with van der Waals surface area (Å²) >= 11 is 3.24. The van der Waals surface area contributed by atoms with Gasteiger partial charge in [0.05, 0.1) is 12.6 Å². The van der Waals surface area contributed by atoms with E-state index in [4.69, 9.17) is 0 Å². The van der Waals surface area contributed by atoms with Crippen LogP contribution >= 0.6 is 15.9 Å². The SMILES string of the molecule is O=C(c1ccnc(Br)c1)N1CCC[C@H]1CO. The Morgan fingerprint density at radius 3 is 3.19 bits per heavy atom. The smallest absolute Gasteiger partial charge is 0.254 e. The highest BCUT2D eigenvalue weighted by molar-refractivity contribution is 9.10. The lowest BCUT2D eigenvalue weighted by Crippen LogP contribution is -2.37. The van der Waals surface area contributed by atoms with Crippen LogP contribution in [0.2, 0.25) is 0 Å². The Balaban J connectivity index is 2.18. The van der Waals surface area contributed by atoms with Crippen molar-refractivity contribution in [1.82, 2.24) is 9.88 Å². The van der Waals surface area contributed by atoms with Gasteiger partial charge < -0.3 is 10.0 Å². The van der Waals surface area contributed by atoms with Crippen LogP contribution in [0.4, 0.5) is 0 Å². The van der Waals surface area contributed by atoms with E-state index in [0.717, 1.165) is 19.4 Å². The zero-order chi connectivity index (χ0) is 11.5. The fourth-order valence-corrected chi connectivity index (χ4v) is 2.36. The van der Waals surface area contributed by atoms with Gasteiger partial charge in [0.25, 0.3) is 5.91 Å². The van der Waals surface area contributed by atoms with Crippen molar-refractivity contribution < 1.29 is 9.90 Å². The van der Waals surface area contributed by atoms with Crippen LogP contribution in [0, 0.1) is 0 Å². The second kappa shape index (κ2) is 4.93. The molecule has 1 amide bonds. The lowest BCUT2D eigenvalue weighted by molar-refractivity contribution is 0.0677. The van der Waals surface area contributed by atoms with Gasteiger partial charge in [-0.05, 0) is 40.9 Å². The monoisotopic (exact) mass is 284 g/mol. The predicted molar refractivity (Wildman–Crippen MR) is 63.1 cm³/mol. The number of carbonyl (C=O) groups excluding carboxylic acids is 1. The summed E-state index contributed by atoms with van der Waals surface area (Å²) in [6.07, 6.45) is 3.44. The van der Waals surface area contributed by atoms with Gasteiger partial charge in [0.1, 0.15) is 4.60 Å². The predicted octanol–water partition coefficient (Wildman–Crippen LogP) is 1.44. The number of aliphatic hydroxyl groups is 1. The largest absolute Gasteiger partial charge is 0.394 e. The van der Waals surface area contributed by atoms with Gasteiger partial charge in [0, 0.05) is 18.3 Å². The molecule has 5 heteroatoms. The van der Waals surface area contributed by atoms with Crippen molar-refractivity contribution in [2.45, 2.75) is 18.9 Å². The van der Waals surface area contributed by atoms with Crippen LogP contribution in [-0.4, -0.2) is 40.1 Å². The fraction of sp³-hybridized carbons (Fsp3) is 0.455. The number of amides is 1. The second-order valence-electron chi connectivity index (χ2n) is 3.84. The van der Waals surface area contributed by atoms with Crippen molar-refractivity contribution in [2.24, 2.45) is 0 Å². The fourth-order valence-electron chi connectivity index (χ4n) is 1.99. The van der Waals surface area contributed by atoms with E-state index in [2.05, 4.69) is 20.9 Å². The van der Waals surface area contributed by atoms with Crippen molar-refractivity contribution in [3.05, 3.63) is 28.5 Å². The van der Waals surface area contributed by atoms with Crippen LogP contribution in [0.5, 0.6) is 0 Å². The van der Waals surface area contributed by atoms with Crippen molar-refractivity contribution in [3.8, 4) is 0 Å². The maximum absolute atomic E-state index is 12.1. The average Bonchev–Trinajstić information content (AvgIpc) is 2.76. The Morgan fingerprint density at radius 2 is 2.50 bits per heavy atom. The maximum Gasteiger partial charge on any atom is 0.254 e. The van der Waals surface area contributed by atoms with Gasteiger partial charge in [-0.3, -0.25) is 4.79 Å². The van der Waals surface area contributed by atoms with Crippen LogP contribution < -0.4 is 0 Å². The second-order valence-corrected chi connectivity index (χ2v) is 4.66. The molecule has 1 fully saturated rings. The molecule has 0 unspecified atom stereocenters. The number of rotatable bonds is 2. The highest BCUT2D eigenvalue weighted by Gasteiger charge is 2.28. The first-order chi connectivity index (χ1) is 7.72. The average molecular weight is 285 g/mol. The zero-order valence-corrected chi connectivity index (χ0v) is 10.4. The topological polar surface area (TPSA) is 53.4 Å². The van der Waals surface area contributed by atoms with E-state index in [1.54, 1.807) is 23.2 Å². The first-order valence-electron chi connectivity index (χ1n) is 5.26. The Bertz CT molecular complexity index is 397. The number of aromatic nitrogens is 1. The van der Waals surface area contributed by atoms with Gasteiger partial charge in [-0.15, -0.1) is 0 Å². The lowest BCUT2D eigenvalue weighted by Gasteiger charge is -2.22. The molecule has 1 aliphatic heterocycles. The third-order valence-corrected chi connectivity index (χ3v) is 3.26. The number of carbonyl (C=O) groups is 1. The molecule has 0 spiro atoms. The third-order valence-electron chi connectivity index (χ3n) is 2.82. The number of hydrogen-bond donors (Lipinski definition) is 1. The van der Waals surface area contributed by atoms with E-state index in [9.17, 15) is 9.90 Å². The van der Waals surface area contributed by atoms with E-state index in [1.807, 2.05) is 0 Å². The van der Waals surface area contributed by atoms with Crippen LogP contribution in [0.15, 0.2) is 22.9 Å². The van der Waals surface area contributed by atoms with Gasteiger partial charge in [-0.1, -0.05) is 0 Å². The molecule has 0 saturated carbocycles. The Morgan fingerprint density at radius 1 is 1.69 bits per heavy atom. The summed E-state index contributed by atoms with van der Waals surface area (Å²) in [6.45, 7) is 0.766. The molecule has 1 aromatic heterocycles. The maximum atomic E-state index is 12.1. The summed E-state index contributed by atoms with van der Waals surface area (Å²) in [5.74, 6) is -0.0281. The van der Waals surface area contributed by atoms with Crippen molar-refractivity contribution in [3.63, 3.8) is 0 Å². The minimum absolute atomic E-state index is 0.0281. The van der Waals surface area contributed by atoms with Crippen molar-refractivity contribution in [2.75, 3.05) is 13.2 Å². The molecule has 2 rings (SSSR count). The molecule has 1 aromatic rings. The molecule has 0 radical (unpaired) electrons. The van der Waals surface area contributed by atoms with E-state index in [1.165, 1.54) is 0 Å². The summed E-state index contributed by atoms with van der Waals surface area (Å²) < 4.78 is 0.651. The minimum atomic E-state index is -0.0283. The number of nitrogens with zero attached hydrogens (tertiary/aromatic N) is 2. The molecular formula is C11H13BrN2O2. The molecule has 1 atom stereocenters. The molecule has 1 N–H and O–H groups in total. The molecule has 4 nitrogen and oxygen atoms in total. The van der Waals surface area contributed by atoms with E-state index in [0.29, 0.717) is 10.2 Å². The van der Waals surface area contributed by atoms with Crippen molar-refractivity contribution in [1.29, 1.82) is 0 Å². The summed E-state index contributed by atoms with van der Waals surface area (Å²) in [7, 11) is 0. The van der Waals surface area contributed by atoms with E-state index < -0.39 is 0 Å². The molecule has 0 aromatic carbocycles. The molecule has 1 saturated heterocycles. The normalized spacial score (nSPS) is 20.1. The van der Waals surface area contributed by atoms with Crippen LogP contribution in [0.25, 0.3) is 0 Å². The van der Waals surface area contributed by atoms with E-state index in [-0.39, 0.29) is 18.6 Å². The van der Waals surface area contributed by atoms with Gasteiger partial charge in [0.2, 0.25) is 0 Å². The quantitative estimate of drug-likeness (QED) is 0.837. The summed E-state index contributed by atoms with van der Waals surface area (Å²) in [5, 5.41) is 9.17. The Labute approximate surface area is 102 Å². The number of pyridine rings is 1. The number of hydrogen-bond acceptors (Lipinski definition) is 3. The molecule has 86 valence electrons. The molecule has 0 bridgehead atoms. The van der Waals surface area contributed by atoms with Gasteiger partial charge in [-0.25, -0.2) is 4.98 Å². The lowest BCUT2D eigenvalue weighted by atomic mass is 10.2.